The van der Waals surface area contributed by atoms with Crippen LogP contribution in [0.2, 0.25) is 0 Å². The summed E-state index contributed by atoms with van der Waals surface area (Å²) in [4.78, 5) is 24.7. The number of rotatable bonds is 10. The molecule has 0 aromatic rings. The Morgan fingerprint density at radius 3 is 1.62 bits per heavy atom. The predicted octanol–water partition coefficient (Wildman–Crippen LogP) is 4.01. The molecule has 0 unspecified atom stereocenters. The van der Waals surface area contributed by atoms with Crippen molar-refractivity contribution in [3.8, 4) is 0 Å². The highest BCUT2D eigenvalue weighted by atomic mass is 16.6. The van der Waals surface area contributed by atoms with Crippen LogP contribution in [0.3, 0.4) is 0 Å². The SMILES string of the molecule is CCCCCOC(=O)C1(C(=O)OCCCCC)CCCC1. The smallest absolute Gasteiger partial charge is 0.323 e. The summed E-state index contributed by atoms with van der Waals surface area (Å²) in [5.74, 6) is -0.729. The highest BCUT2D eigenvalue weighted by Crippen LogP contribution is 2.40. The van der Waals surface area contributed by atoms with Gasteiger partial charge in [-0.05, 0) is 25.7 Å². The third-order valence-electron chi connectivity index (χ3n) is 4.20. The average molecular weight is 298 g/mol. The molecule has 4 heteroatoms. The van der Waals surface area contributed by atoms with Gasteiger partial charge in [-0.15, -0.1) is 0 Å². The van der Waals surface area contributed by atoms with Gasteiger partial charge in [0, 0.05) is 0 Å². The van der Waals surface area contributed by atoms with Gasteiger partial charge in [-0.2, -0.15) is 0 Å². The molecule has 0 spiro atoms. The fraction of sp³-hybridized carbons (Fsp3) is 0.882. The maximum Gasteiger partial charge on any atom is 0.323 e. The molecule has 0 aromatic heterocycles. The van der Waals surface area contributed by atoms with Gasteiger partial charge in [0.2, 0.25) is 0 Å². The number of hydrogen-bond donors (Lipinski definition) is 0. The monoisotopic (exact) mass is 298 g/mol. The van der Waals surface area contributed by atoms with Gasteiger partial charge < -0.3 is 9.47 Å². The van der Waals surface area contributed by atoms with Crippen molar-refractivity contribution in [1.82, 2.24) is 0 Å². The van der Waals surface area contributed by atoms with Gasteiger partial charge in [-0.25, -0.2) is 0 Å². The van der Waals surface area contributed by atoms with Crippen LogP contribution in [-0.4, -0.2) is 25.2 Å². The van der Waals surface area contributed by atoms with Gasteiger partial charge in [-0.1, -0.05) is 52.4 Å². The zero-order valence-electron chi connectivity index (χ0n) is 13.6. The van der Waals surface area contributed by atoms with Crippen molar-refractivity contribution in [2.45, 2.75) is 78.1 Å². The van der Waals surface area contributed by atoms with E-state index in [4.69, 9.17) is 9.47 Å². The van der Waals surface area contributed by atoms with Crippen LogP contribution in [0.1, 0.15) is 78.1 Å². The third-order valence-corrected chi connectivity index (χ3v) is 4.20. The first-order valence-corrected chi connectivity index (χ1v) is 8.52. The number of carbonyl (C=O) groups is 2. The Kier molecular flexibility index (Phi) is 8.40. The van der Waals surface area contributed by atoms with E-state index in [-0.39, 0.29) is 11.9 Å². The van der Waals surface area contributed by atoms with Crippen molar-refractivity contribution < 1.29 is 19.1 Å². The minimum atomic E-state index is -1.02. The van der Waals surface area contributed by atoms with Crippen molar-refractivity contribution in [3.05, 3.63) is 0 Å². The maximum absolute atomic E-state index is 12.3. The molecular weight excluding hydrogens is 268 g/mol. The molecule has 1 aliphatic carbocycles. The van der Waals surface area contributed by atoms with Crippen LogP contribution in [-0.2, 0) is 19.1 Å². The fourth-order valence-electron chi connectivity index (χ4n) is 2.78. The highest BCUT2D eigenvalue weighted by Gasteiger charge is 2.50. The lowest BCUT2D eigenvalue weighted by Crippen LogP contribution is -2.40. The number of hydrogen-bond acceptors (Lipinski definition) is 4. The van der Waals surface area contributed by atoms with Gasteiger partial charge in [0.1, 0.15) is 0 Å². The van der Waals surface area contributed by atoms with E-state index in [1.165, 1.54) is 0 Å². The topological polar surface area (TPSA) is 52.6 Å². The van der Waals surface area contributed by atoms with Gasteiger partial charge in [0.25, 0.3) is 0 Å². The Bertz CT molecular complexity index is 293. The first-order chi connectivity index (χ1) is 10.2. The molecule has 4 nitrogen and oxygen atoms in total. The lowest BCUT2D eigenvalue weighted by atomic mass is 9.86. The van der Waals surface area contributed by atoms with Crippen LogP contribution in [0.15, 0.2) is 0 Å². The van der Waals surface area contributed by atoms with E-state index in [1.807, 2.05) is 0 Å². The molecule has 0 radical (unpaired) electrons. The van der Waals surface area contributed by atoms with E-state index in [0.717, 1.165) is 51.4 Å². The molecule has 1 saturated carbocycles. The summed E-state index contributed by atoms with van der Waals surface area (Å²) in [7, 11) is 0. The molecule has 0 bridgehead atoms. The summed E-state index contributed by atoms with van der Waals surface area (Å²) >= 11 is 0. The third kappa shape index (κ3) is 5.33. The molecule has 21 heavy (non-hydrogen) atoms. The molecule has 1 rings (SSSR count). The molecule has 0 atom stereocenters. The normalized spacial score (nSPS) is 16.7. The van der Waals surface area contributed by atoms with E-state index in [9.17, 15) is 9.59 Å². The molecule has 0 N–H and O–H groups in total. The largest absolute Gasteiger partial charge is 0.465 e. The fourth-order valence-corrected chi connectivity index (χ4v) is 2.78. The van der Waals surface area contributed by atoms with E-state index < -0.39 is 5.41 Å². The predicted molar refractivity (Wildman–Crippen MR) is 81.9 cm³/mol. The summed E-state index contributed by atoms with van der Waals surface area (Å²) in [6.07, 6.45) is 8.93. The van der Waals surface area contributed by atoms with Crippen molar-refractivity contribution >= 4 is 11.9 Å². The zero-order valence-corrected chi connectivity index (χ0v) is 13.6. The van der Waals surface area contributed by atoms with Crippen LogP contribution >= 0.6 is 0 Å². The lowest BCUT2D eigenvalue weighted by molar-refractivity contribution is -0.172. The summed E-state index contributed by atoms with van der Waals surface area (Å²) in [5, 5.41) is 0. The van der Waals surface area contributed by atoms with Gasteiger partial charge in [-0.3, -0.25) is 9.59 Å². The summed E-state index contributed by atoms with van der Waals surface area (Å²) in [5.41, 5.74) is -1.02. The van der Waals surface area contributed by atoms with Gasteiger partial charge in [0.05, 0.1) is 13.2 Å². The van der Waals surface area contributed by atoms with Gasteiger partial charge >= 0.3 is 11.9 Å². The zero-order chi connectivity index (χ0) is 15.6. The quantitative estimate of drug-likeness (QED) is 0.347. The van der Waals surface area contributed by atoms with Gasteiger partial charge in [0.15, 0.2) is 5.41 Å². The average Bonchev–Trinajstić information content (AvgIpc) is 2.98. The minimum absolute atomic E-state index is 0.364. The molecule has 0 heterocycles. The second kappa shape index (κ2) is 9.80. The molecular formula is C17H30O4. The molecule has 0 saturated heterocycles. The molecule has 0 aromatic carbocycles. The van der Waals surface area contributed by atoms with Crippen LogP contribution in [0.5, 0.6) is 0 Å². The summed E-state index contributed by atoms with van der Waals surface area (Å²) in [6.45, 7) is 5.04. The van der Waals surface area contributed by atoms with Crippen molar-refractivity contribution in [2.24, 2.45) is 5.41 Å². The number of carbonyl (C=O) groups excluding carboxylic acids is 2. The molecule has 1 fully saturated rings. The number of unbranched alkanes of at least 4 members (excludes halogenated alkanes) is 4. The molecule has 1 aliphatic rings. The van der Waals surface area contributed by atoms with E-state index in [0.29, 0.717) is 26.1 Å². The summed E-state index contributed by atoms with van der Waals surface area (Å²) < 4.78 is 10.7. The maximum atomic E-state index is 12.3. The van der Waals surface area contributed by atoms with Crippen molar-refractivity contribution in [3.63, 3.8) is 0 Å². The Balaban J connectivity index is 2.48. The first-order valence-electron chi connectivity index (χ1n) is 8.52. The van der Waals surface area contributed by atoms with Crippen LogP contribution < -0.4 is 0 Å². The highest BCUT2D eigenvalue weighted by molar-refractivity contribution is 6.00. The lowest BCUT2D eigenvalue weighted by Gasteiger charge is -2.24. The Morgan fingerprint density at radius 2 is 1.24 bits per heavy atom. The standard InChI is InChI=1S/C17H30O4/c1-3-5-9-13-20-15(18)17(11-7-8-12-17)16(19)21-14-10-6-4-2/h3-14H2,1-2H3. The van der Waals surface area contributed by atoms with Crippen molar-refractivity contribution in [2.75, 3.05) is 13.2 Å². The molecule has 122 valence electrons. The van der Waals surface area contributed by atoms with E-state index in [2.05, 4.69) is 13.8 Å². The van der Waals surface area contributed by atoms with Crippen molar-refractivity contribution in [1.29, 1.82) is 0 Å². The Morgan fingerprint density at radius 1 is 0.810 bits per heavy atom. The molecule has 0 aliphatic heterocycles. The second-order valence-electron chi connectivity index (χ2n) is 5.98. The first kappa shape index (κ1) is 18.0. The Labute approximate surface area is 128 Å². The Hall–Kier alpha value is -1.06. The number of esters is 2. The summed E-state index contributed by atoms with van der Waals surface area (Å²) in [6, 6.07) is 0. The van der Waals surface area contributed by atoms with Crippen LogP contribution in [0, 0.1) is 5.41 Å². The van der Waals surface area contributed by atoms with E-state index >= 15 is 0 Å². The van der Waals surface area contributed by atoms with Crippen LogP contribution in [0.25, 0.3) is 0 Å². The minimum Gasteiger partial charge on any atom is -0.465 e. The van der Waals surface area contributed by atoms with Crippen LogP contribution in [0.4, 0.5) is 0 Å². The molecule has 0 amide bonds. The van der Waals surface area contributed by atoms with E-state index in [1.54, 1.807) is 0 Å². The second-order valence-corrected chi connectivity index (χ2v) is 5.98. The number of ether oxygens (including phenoxy) is 2.